The quantitative estimate of drug-likeness (QED) is 0.663. The SMILES string of the molecule is O=c1[nH][nH]c2c1CCc1ccc(Cl)nc1-2. The molecule has 2 N–H and O–H groups in total. The zero-order valence-electron chi connectivity index (χ0n) is 7.80. The number of nitrogens with zero attached hydrogens (tertiary/aromatic N) is 1. The molecule has 5 heteroatoms. The van der Waals surface area contributed by atoms with Gasteiger partial charge in [0.05, 0.1) is 11.4 Å². The lowest BCUT2D eigenvalue weighted by Crippen LogP contribution is -2.12. The summed E-state index contributed by atoms with van der Waals surface area (Å²) in [4.78, 5) is 15.7. The number of hydrogen-bond donors (Lipinski definition) is 2. The molecule has 2 aromatic rings. The Morgan fingerprint density at radius 1 is 1.27 bits per heavy atom. The van der Waals surface area contributed by atoms with E-state index in [0.717, 1.165) is 35.4 Å². The van der Waals surface area contributed by atoms with Crippen molar-refractivity contribution in [3.8, 4) is 11.4 Å². The van der Waals surface area contributed by atoms with Crippen LogP contribution in [0.5, 0.6) is 0 Å². The van der Waals surface area contributed by atoms with Gasteiger partial charge in [0.1, 0.15) is 5.15 Å². The summed E-state index contributed by atoms with van der Waals surface area (Å²) < 4.78 is 0. The number of aryl methyl sites for hydroxylation is 1. The molecule has 1 aliphatic carbocycles. The van der Waals surface area contributed by atoms with E-state index in [1.807, 2.05) is 6.07 Å². The molecule has 2 heterocycles. The normalized spacial score (nSPS) is 13.4. The van der Waals surface area contributed by atoms with Crippen LogP contribution in [-0.2, 0) is 12.8 Å². The second-order valence-electron chi connectivity index (χ2n) is 3.57. The van der Waals surface area contributed by atoms with Gasteiger partial charge in [0, 0.05) is 5.56 Å². The van der Waals surface area contributed by atoms with Crippen molar-refractivity contribution in [2.45, 2.75) is 12.8 Å². The van der Waals surface area contributed by atoms with E-state index in [1.54, 1.807) is 6.07 Å². The molecule has 0 saturated heterocycles. The molecule has 0 unspecified atom stereocenters. The van der Waals surface area contributed by atoms with Crippen LogP contribution in [0.3, 0.4) is 0 Å². The molecule has 0 bridgehead atoms. The van der Waals surface area contributed by atoms with E-state index in [4.69, 9.17) is 11.6 Å². The fraction of sp³-hybridized carbons (Fsp3) is 0.200. The first-order valence-corrected chi connectivity index (χ1v) is 5.09. The van der Waals surface area contributed by atoms with Gasteiger partial charge in [-0.2, -0.15) is 0 Å². The van der Waals surface area contributed by atoms with Crippen molar-refractivity contribution in [1.29, 1.82) is 0 Å². The van der Waals surface area contributed by atoms with E-state index in [9.17, 15) is 4.79 Å². The molecular formula is C10H8ClN3O. The topological polar surface area (TPSA) is 61.5 Å². The number of rotatable bonds is 0. The maximum Gasteiger partial charge on any atom is 0.267 e. The van der Waals surface area contributed by atoms with Crippen LogP contribution in [0.1, 0.15) is 11.1 Å². The van der Waals surface area contributed by atoms with E-state index in [-0.39, 0.29) is 5.56 Å². The average Bonchev–Trinajstić information content (AvgIpc) is 2.61. The van der Waals surface area contributed by atoms with Gasteiger partial charge in [0.2, 0.25) is 0 Å². The number of halogens is 1. The first-order chi connectivity index (χ1) is 7.25. The van der Waals surface area contributed by atoms with Crippen molar-refractivity contribution in [1.82, 2.24) is 15.2 Å². The number of pyridine rings is 1. The predicted molar refractivity (Wildman–Crippen MR) is 57.1 cm³/mol. The molecule has 0 fully saturated rings. The minimum Gasteiger partial charge on any atom is -0.296 e. The van der Waals surface area contributed by atoms with E-state index >= 15 is 0 Å². The lowest BCUT2D eigenvalue weighted by Gasteiger charge is -2.13. The molecule has 3 rings (SSSR count). The van der Waals surface area contributed by atoms with Gasteiger partial charge in [-0.25, -0.2) is 4.98 Å². The van der Waals surface area contributed by atoms with Crippen LogP contribution in [-0.4, -0.2) is 15.2 Å². The summed E-state index contributed by atoms with van der Waals surface area (Å²) in [7, 11) is 0. The summed E-state index contributed by atoms with van der Waals surface area (Å²) in [5.74, 6) is 0. The fourth-order valence-corrected chi connectivity index (χ4v) is 2.11. The van der Waals surface area contributed by atoms with Crippen molar-refractivity contribution >= 4 is 11.6 Å². The van der Waals surface area contributed by atoms with E-state index in [0.29, 0.717) is 5.15 Å². The van der Waals surface area contributed by atoms with Gasteiger partial charge < -0.3 is 0 Å². The highest BCUT2D eigenvalue weighted by Gasteiger charge is 2.21. The van der Waals surface area contributed by atoms with Crippen molar-refractivity contribution in [3.63, 3.8) is 0 Å². The van der Waals surface area contributed by atoms with Crippen LogP contribution in [0.2, 0.25) is 5.15 Å². The molecule has 2 aromatic heterocycles. The van der Waals surface area contributed by atoms with Gasteiger partial charge in [-0.1, -0.05) is 17.7 Å². The lowest BCUT2D eigenvalue weighted by atomic mass is 9.94. The van der Waals surface area contributed by atoms with E-state index < -0.39 is 0 Å². The van der Waals surface area contributed by atoms with Crippen molar-refractivity contribution in [2.24, 2.45) is 0 Å². The maximum absolute atomic E-state index is 11.4. The Kier molecular flexibility index (Phi) is 1.73. The first kappa shape index (κ1) is 8.73. The highest BCUT2D eigenvalue weighted by molar-refractivity contribution is 6.29. The van der Waals surface area contributed by atoms with Gasteiger partial charge in [0.25, 0.3) is 5.56 Å². The predicted octanol–water partition coefficient (Wildman–Crippen LogP) is 1.52. The van der Waals surface area contributed by atoms with Gasteiger partial charge in [-0.15, -0.1) is 0 Å². The van der Waals surface area contributed by atoms with Crippen LogP contribution >= 0.6 is 11.6 Å². The van der Waals surface area contributed by atoms with Gasteiger partial charge in [-0.3, -0.25) is 15.0 Å². The smallest absolute Gasteiger partial charge is 0.267 e. The van der Waals surface area contributed by atoms with Crippen molar-refractivity contribution < 1.29 is 0 Å². The molecule has 0 saturated carbocycles. The largest absolute Gasteiger partial charge is 0.296 e. The summed E-state index contributed by atoms with van der Waals surface area (Å²) >= 11 is 5.84. The Labute approximate surface area is 90.3 Å². The molecule has 0 aliphatic heterocycles. The highest BCUT2D eigenvalue weighted by Crippen LogP contribution is 2.29. The number of nitrogens with one attached hydrogen (secondary N) is 2. The zero-order chi connectivity index (χ0) is 10.4. The summed E-state index contributed by atoms with van der Waals surface area (Å²) in [6.45, 7) is 0. The molecule has 0 aromatic carbocycles. The minimum atomic E-state index is -0.0579. The molecule has 0 spiro atoms. The van der Waals surface area contributed by atoms with Crippen LogP contribution in [0.4, 0.5) is 0 Å². The maximum atomic E-state index is 11.4. The summed E-state index contributed by atoms with van der Waals surface area (Å²) in [6, 6.07) is 3.73. The number of hydrogen-bond acceptors (Lipinski definition) is 2. The number of aromatic nitrogens is 3. The fourth-order valence-electron chi connectivity index (χ4n) is 1.97. The third kappa shape index (κ3) is 1.22. The lowest BCUT2D eigenvalue weighted by molar-refractivity contribution is 0.920. The van der Waals surface area contributed by atoms with Crippen LogP contribution in [0.25, 0.3) is 11.4 Å². The third-order valence-corrected chi connectivity index (χ3v) is 2.91. The molecular weight excluding hydrogens is 214 g/mol. The Bertz CT molecular complexity index is 585. The standard InChI is InChI=1S/C10H8ClN3O/c11-7-4-2-5-1-3-6-9(8(5)12-7)13-14-10(6)15/h2,4H,1,3H2,(H2,13,14,15). The molecule has 0 atom stereocenters. The Balaban J connectivity index is 2.33. The molecule has 0 amide bonds. The summed E-state index contributed by atoms with van der Waals surface area (Å²) in [5, 5.41) is 5.87. The summed E-state index contributed by atoms with van der Waals surface area (Å²) in [5.41, 5.74) is 3.42. The van der Waals surface area contributed by atoms with Crippen LogP contribution < -0.4 is 5.56 Å². The van der Waals surface area contributed by atoms with Crippen molar-refractivity contribution in [2.75, 3.05) is 0 Å². The monoisotopic (exact) mass is 221 g/mol. The molecule has 76 valence electrons. The minimum absolute atomic E-state index is 0.0579. The van der Waals surface area contributed by atoms with E-state index in [1.165, 1.54) is 0 Å². The second-order valence-corrected chi connectivity index (χ2v) is 3.96. The van der Waals surface area contributed by atoms with Gasteiger partial charge in [0.15, 0.2) is 0 Å². The third-order valence-electron chi connectivity index (χ3n) is 2.70. The van der Waals surface area contributed by atoms with Gasteiger partial charge >= 0.3 is 0 Å². The van der Waals surface area contributed by atoms with Gasteiger partial charge in [-0.05, 0) is 24.5 Å². The van der Waals surface area contributed by atoms with Crippen molar-refractivity contribution in [3.05, 3.63) is 38.8 Å². The Morgan fingerprint density at radius 2 is 2.13 bits per heavy atom. The Hall–Kier alpha value is -1.55. The molecule has 15 heavy (non-hydrogen) atoms. The Morgan fingerprint density at radius 3 is 3.00 bits per heavy atom. The molecule has 1 aliphatic rings. The van der Waals surface area contributed by atoms with Crippen LogP contribution in [0.15, 0.2) is 16.9 Å². The number of aromatic amines is 2. The number of H-pyrrole nitrogens is 2. The van der Waals surface area contributed by atoms with E-state index in [2.05, 4.69) is 15.2 Å². The molecule has 0 radical (unpaired) electrons. The first-order valence-electron chi connectivity index (χ1n) is 4.71. The second kappa shape index (κ2) is 2.97. The average molecular weight is 222 g/mol. The zero-order valence-corrected chi connectivity index (χ0v) is 8.56. The van der Waals surface area contributed by atoms with Crippen LogP contribution in [0, 0.1) is 0 Å². The number of fused-ring (bicyclic) bond motifs is 3. The highest BCUT2D eigenvalue weighted by atomic mass is 35.5. The summed E-state index contributed by atoms with van der Waals surface area (Å²) in [6.07, 6.45) is 1.60. The molecule has 4 nitrogen and oxygen atoms in total.